The van der Waals surface area contributed by atoms with E-state index in [9.17, 15) is 0 Å². The van der Waals surface area contributed by atoms with Crippen LogP contribution in [0.1, 0.15) is 48.4 Å². The molecule has 0 heterocycles. The fourth-order valence-electron chi connectivity index (χ4n) is 4.47. The first kappa shape index (κ1) is 22.0. The predicted octanol–water partition coefficient (Wildman–Crippen LogP) is 7.77. The molecule has 29 heavy (non-hydrogen) atoms. The summed E-state index contributed by atoms with van der Waals surface area (Å²) < 4.78 is 0. The molecule has 4 aromatic carbocycles. The summed E-state index contributed by atoms with van der Waals surface area (Å²) in [6, 6.07) is 26.5. The van der Waals surface area contributed by atoms with Crippen molar-refractivity contribution in [1.29, 1.82) is 0 Å². The van der Waals surface area contributed by atoms with Crippen LogP contribution in [0.3, 0.4) is 0 Å². The third-order valence-corrected chi connectivity index (χ3v) is 5.84. The van der Waals surface area contributed by atoms with Crippen LogP contribution in [0.5, 0.6) is 0 Å². The zero-order valence-electron chi connectivity index (χ0n) is 17.7. The van der Waals surface area contributed by atoms with E-state index in [1.807, 2.05) is 0 Å². The van der Waals surface area contributed by atoms with Crippen molar-refractivity contribution in [3.8, 4) is 11.1 Å². The second-order valence-corrected chi connectivity index (χ2v) is 8.04. The van der Waals surface area contributed by atoms with E-state index < -0.39 is 0 Å². The average molecular weight is 458 g/mol. The topological polar surface area (TPSA) is 0 Å². The second kappa shape index (κ2) is 10.4. The van der Waals surface area contributed by atoms with Gasteiger partial charge in [-0.05, 0) is 24.8 Å². The van der Waals surface area contributed by atoms with Crippen molar-refractivity contribution in [2.45, 2.75) is 52.4 Å². The van der Waals surface area contributed by atoms with Crippen molar-refractivity contribution in [2.24, 2.45) is 0 Å². The molecule has 0 amide bonds. The van der Waals surface area contributed by atoms with Crippen molar-refractivity contribution in [3.63, 3.8) is 0 Å². The van der Waals surface area contributed by atoms with Crippen LogP contribution in [0.2, 0.25) is 0 Å². The quantitative estimate of drug-likeness (QED) is 0.275. The van der Waals surface area contributed by atoms with Gasteiger partial charge in [0.1, 0.15) is 0 Å². The molecular formula is C28H30Zr. The first-order valence-corrected chi connectivity index (χ1v) is 10.7. The van der Waals surface area contributed by atoms with E-state index in [2.05, 4.69) is 86.6 Å². The van der Waals surface area contributed by atoms with Crippen LogP contribution in [0.15, 0.2) is 72.8 Å². The number of hydrogen-bond acceptors (Lipinski definition) is 0. The van der Waals surface area contributed by atoms with Crippen molar-refractivity contribution >= 4 is 10.8 Å². The Morgan fingerprint density at radius 3 is 2.45 bits per heavy atom. The molecule has 4 aromatic rings. The summed E-state index contributed by atoms with van der Waals surface area (Å²) in [5.74, 6) is 0. The number of aryl methyl sites for hydroxylation is 3. The summed E-state index contributed by atoms with van der Waals surface area (Å²) in [6.07, 6.45) is 7.66. The van der Waals surface area contributed by atoms with Crippen LogP contribution in [0.4, 0.5) is 0 Å². The van der Waals surface area contributed by atoms with Gasteiger partial charge in [-0.1, -0.05) is 80.1 Å². The number of hydrogen-bond donors (Lipinski definition) is 0. The molecule has 0 atom stereocenters. The molecule has 0 N–H and O–H groups in total. The van der Waals surface area contributed by atoms with E-state index in [0.717, 1.165) is 0 Å². The first-order valence-electron chi connectivity index (χ1n) is 10.7. The minimum absolute atomic E-state index is 0. The molecule has 1 aliphatic rings. The Labute approximate surface area is 194 Å². The normalized spacial score (nSPS) is 12.2. The van der Waals surface area contributed by atoms with Gasteiger partial charge in [0.25, 0.3) is 0 Å². The molecule has 0 saturated heterocycles. The predicted molar refractivity (Wildman–Crippen MR) is 122 cm³/mol. The van der Waals surface area contributed by atoms with Crippen LogP contribution in [0, 0.1) is 6.92 Å². The van der Waals surface area contributed by atoms with E-state index >= 15 is 0 Å². The summed E-state index contributed by atoms with van der Waals surface area (Å²) in [7, 11) is 0. The van der Waals surface area contributed by atoms with Gasteiger partial charge in [0.2, 0.25) is 0 Å². The molecule has 0 fully saturated rings. The summed E-state index contributed by atoms with van der Waals surface area (Å²) in [5.41, 5.74) is 8.87. The monoisotopic (exact) mass is 456 g/mol. The Kier molecular flexibility index (Phi) is 7.85. The molecule has 0 saturated carbocycles. The first-order chi connectivity index (χ1) is 13.8. The van der Waals surface area contributed by atoms with E-state index in [1.165, 1.54) is 71.6 Å². The van der Waals surface area contributed by atoms with Gasteiger partial charge in [-0.25, -0.2) is 12.1 Å². The fourth-order valence-corrected chi connectivity index (χ4v) is 4.47. The van der Waals surface area contributed by atoms with Crippen LogP contribution in [0.25, 0.3) is 21.9 Å². The Balaban J connectivity index is 0.000000205. The van der Waals surface area contributed by atoms with Gasteiger partial charge in [-0.15, -0.1) is 28.5 Å². The van der Waals surface area contributed by atoms with Crippen molar-refractivity contribution in [1.82, 2.24) is 0 Å². The maximum atomic E-state index is 2.41. The van der Waals surface area contributed by atoms with Crippen LogP contribution in [-0.4, -0.2) is 0 Å². The minimum Gasteiger partial charge on any atom is -0.213 e. The minimum atomic E-state index is 0. The largest absolute Gasteiger partial charge is 2.00 e. The SMILES string of the molecule is CCCC[c-]1cccc1.Cc1cc2c(-c3ccccc3)c3c(cc2[cH-]1)CCC3.[Zr+2]. The molecule has 0 radical (unpaired) electrons. The summed E-state index contributed by atoms with van der Waals surface area (Å²) in [4.78, 5) is 0. The number of rotatable bonds is 4. The van der Waals surface area contributed by atoms with Gasteiger partial charge in [0.15, 0.2) is 0 Å². The third kappa shape index (κ3) is 5.07. The van der Waals surface area contributed by atoms with Gasteiger partial charge < -0.3 is 0 Å². The molecule has 0 nitrogen and oxygen atoms in total. The zero-order chi connectivity index (χ0) is 19.3. The molecule has 0 unspecified atom stereocenters. The van der Waals surface area contributed by atoms with Gasteiger partial charge in [-0.3, -0.25) is 0 Å². The van der Waals surface area contributed by atoms with E-state index in [1.54, 1.807) is 11.1 Å². The Morgan fingerprint density at radius 2 is 1.72 bits per heavy atom. The Bertz CT molecular complexity index is 1020. The molecule has 146 valence electrons. The molecular weight excluding hydrogens is 428 g/mol. The molecule has 0 bridgehead atoms. The number of benzene rings is 2. The Morgan fingerprint density at radius 1 is 0.966 bits per heavy atom. The summed E-state index contributed by atoms with van der Waals surface area (Å²) in [6.45, 7) is 4.42. The zero-order valence-corrected chi connectivity index (χ0v) is 20.1. The Hall–Kier alpha value is -1.72. The van der Waals surface area contributed by atoms with Gasteiger partial charge in [0.05, 0.1) is 0 Å². The van der Waals surface area contributed by atoms with Crippen LogP contribution >= 0.6 is 0 Å². The fraction of sp³-hybridized carbons (Fsp3) is 0.286. The van der Waals surface area contributed by atoms with E-state index in [-0.39, 0.29) is 26.2 Å². The second-order valence-electron chi connectivity index (χ2n) is 8.04. The third-order valence-electron chi connectivity index (χ3n) is 5.84. The van der Waals surface area contributed by atoms with Gasteiger partial charge in [-0.2, -0.15) is 23.8 Å². The van der Waals surface area contributed by atoms with E-state index in [4.69, 9.17) is 0 Å². The molecule has 5 rings (SSSR count). The molecule has 1 aliphatic carbocycles. The van der Waals surface area contributed by atoms with Crippen molar-refractivity contribution < 1.29 is 26.2 Å². The summed E-state index contributed by atoms with van der Waals surface area (Å²) in [5, 5.41) is 2.85. The maximum Gasteiger partial charge on any atom is 2.00 e. The van der Waals surface area contributed by atoms with Crippen molar-refractivity contribution in [3.05, 3.63) is 95.1 Å². The summed E-state index contributed by atoms with van der Waals surface area (Å²) >= 11 is 0. The molecule has 0 aliphatic heterocycles. The number of fused-ring (bicyclic) bond motifs is 2. The van der Waals surface area contributed by atoms with E-state index in [0.29, 0.717) is 0 Å². The average Bonchev–Trinajstić information content (AvgIpc) is 3.46. The van der Waals surface area contributed by atoms with Crippen LogP contribution < -0.4 is 0 Å². The van der Waals surface area contributed by atoms with Crippen LogP contribution in [-0.2, 0) is 45.5 Å². The van der Waals surface area contributed by atoms with Crippen molar-refractivity contribution in [2.75, 3.05) is 0 Å². The standard InChI is InChI=1S/C19H17.C9H13.Zr/c1-13-10-16-12-15-8-5-9-17(15)19(18(16)11-13)14-6-3-2-4-7-14;1-2-3-6-9-7-4-5-8-9;/h2-4,6-7,10-12H,5,8-9H2,1H3;4-5,7-8H,2-3,6H2,1H3;/q2*-1;+2. The molecule has 0 spiro atoms. The van der Waals surface area contributed by atoms with Gasteiger partial charge in [0, 0.05) is 0 Å². The molecule has 1 heteroatoms. The maximum absolute atomic E-state index is 2.41. The number of unbranched alkanes of at least 4 members (excludes halogenated alkanes) is 1. The smallest absolute Gasteiger partial charge is 0.213 e. The molecule has 0 aromatic heterocycles. The van der Waals surface area contributed by atoms with Gasteiger partial charge >= 0.3 is 26.2 Å².